The number of halogens is 2. The van der Waals surface area contributed by atoms with Gasteiger partial charge < -0.3 is 0 Å². The van der Waals surface area contributed by atoms with Crippen LogP contribution in [0.15, 0.2) is 111 Å². The van der Waals surface area contributed by atoms with Crippen molar-refractivity contribution in [1.82, 2.24) is 0 Å². The molecule has 3 aromatic rings. The maximum Gasteiger partial charge on any atom is 0.162 e. The molecule has 5 heteroatoms. The molecule has 1 nitrogen and oxygen atoms in total. The van der Waals surface area contributed by atoms with E-state index in [1.165, 1.54) is 41.1 Å². The standard InChI is InChI=1S/C21H15F2NS2/c22-16-11-13-18(14-12-16)25-15-20(23)21(24-17-7-3-1-4-8-17)26-19-9-5-2-6-10-19/h1-15H/b20-15?,24-21+. The molecule has 3 rings (SSSR count). The van der Waals surface area contributed by atoms with Crippen LogP contribution in [0.3, 0.4) is 0 Å². The molecule has 0 fully saturated rings. The highest BCUT2D eigenvalue weighted by Crippen LogP contribution is 2.29. The molecule has 0 heterocycles. The number of para-hydroxylation sites is 1. The summed E-state index contributed by atoms with van der Waals surface area (Å²) < 4.78 is 27.8. The van der Waals surface area contributed by atoms with Crippen LogP contribution in [0.5, 0.6) is 0 Å². The fraction of sp³-hybridized carbons (Fsp3) is 0. The second kappa shape index (κ2) is 9.36. The molecule has 26 heavy (non-hydrogen) atoms. The van der Waals surface area contributed by atoms with Crippen molar-refractivity contribution < 1.29 is 8.78 Å². The summed E-state index contributed by atoms with van der Waals surface area (Å²) in [5.41, 5.74) is 0.682. The Bertz CT molecular complexity index is 892. The summed E-state index contributed by atoms with van der Waals surface area (Å²) in [7, 11) is 0. The Kier molecular flexibility index (Phi) is 6.63. The first-order chi connectivity index (χ1) is 12.7. The van der Waals surface area contributed by atoms with Gasteiger partial charge in [0.2, 0.25) is 0 Å². The van der Waals surface area contributed by atoms with Crippen molar-refractivity contribution in [2.24, 2.45) is 4.99 Å². The molecule has 0 unspecified atom stereocenters. The van der Waals surface area contributed by atoms with Crippen LogP contribution >= 0.6 is 23.5 Å². The third-order valence-electron chi connectivity index (χ3n) is 3.26. The van der Waals surface area contributed by atoms with Crippen LogP contribution < -0.4 is 0 Å². The molecule has 0 amide bonds. The monoisotopic (exact) mass is 383 g/mol. The van der Waals surface area contributed by atoms with Gasteiger partial charge in [-0.25, -0.2) is 13.8 Å². The largest absolute Gasteiger partial charge is 0.239 e. The van der Waals surface area contributed by atoms with Crippen LogP contribution in [0.2, 0.25) is 0 Å². The zero-order chi connectivity index (χ0) is 18.2. The van der Waals surface area contributed by atoms with Gasteiger partial charge in [0.05, 0.1) is 5.69 Å². The topological polar surface area (TPSA) is 12.4 Å². The maximum atomic E-state index is 14.8. The molecule has 0 aliphatic rings. The molecule has 0 radical (unpaired) electrons. The van der Waals surface area contributed by atoms with Gasteiger partial charge in [-0.05, 0) is 48.5 Å². The van der Waals surface area contributed by atoms with Crippen LogP contribution in [0.1, 0.15) is 0 Å². The number of nitrogens with zero attached hydrogens (tertiary/aromatic N) is 1. The Morgan fingerprint density at radius 2 is 1.38 bits per heavy atom. The molecule has 0 aliphatic heterocycles. The van der Waals surface area contributed by atoms with E-state index in [4.69, 9.17) is 0 Å². The Balaban J connectivity index is 1.85. The van der Waals surface area contributed by atoms with E-state index in [1.54, 1.807) is 12.1 Å². The predicted molar refractivity (Wildman–Crippen MR) is 107 cm³/mol. The Hall–Kier alpha value is -2.37. The number of rotatable bonds is 5. The van der Waals surface area contributed by atoms with Crippen molar-refractivity contribution in [3.63, 3.8) is 0 Å². The molecule has 0 saturated carbocycles. The summed E-state index contributed by atoms with van der Waals surface area (Å²) in [5, 5.41) is 1.67. The Morgan fingerprint density at radius 3 is 2.04 bits per heavy atom. The van der Waals surface area contributed by atoms with E-state index in [-0.39, 0.29) is 10.9 Å². The first-order valence-electron chi connectivity index (χ1n) is 7.85. The second-order valence-corrected chi connectivity index (χ2v) is 7.21. The van der Waals surface area contributed by atoms with E-state index < -0.39 is 5.83 Å². The van der Waals surface area contributed by atoms with Crippen LogP contribution in [0.4, 0.5) is 14.5 Å². The third-order valence-corrected chi connectivity index (χ3v) is 5.12. The van der Waals surface area contributed by atoms with Gasteiger partial charge in [-0.15, -0.1) is 0 Å². The van der Waals surface area contributed by atoms with E-state index in [2.05, 4.69) is 4.99 Å². The van der Waals surface area contributed by atoms with Crippen molar-refractivity contribution in [2.45, 2.75) is 9.79 Å². The first kappa shape index (κ1) is 18.4. The molecule has 0 saturated heterocycles. The molecule has 0 bridgehead atoms. The van der Waals surface area contributed by atoms with Gasteiger partial charge in [0.15, 0.2) is 5.83 Å². The average molecular weight is 383 g/mol. The lowest BCUT2D eigenvalue weighted by atomic mass is 10.3. The van der Waals surface area contributed by atoms with E-state index in [0.29, 0.717) is 5.69 Å². The van der Waals surface area contributed by atoms with E-state index >= 15 is 0 Å². The zero-order valence-electron chi connectivity index (χ0n) is 13.7. The highest BCUT2D eigenvalue weighted by atomic mass is 32.2. The predicted octanol–water partition coefficient (Wildman–Crippen LogP) is 7.25. The minimum absolute atomic E-state index is 0.275. The number of aliphatic imine (C=N–C) groups is 1. The molecule has 0 atom stereocenters. The van der Waals surface area contributed by atoms with Gasteiger partial charge >= 0.3 is 0 Å². The van der Waals surface area contributed by atoms with Crippen molar-refractivity contribution in [2.75, 3.05) is 0 Å². The lowest BCUT2D eigenvalue weighted by Crippen LogP contribution is -1.93. The summed E-state index contributed by atoms with van der Waals surface area (Å²) in [6.45, 7) is 0. The van der Waals surface area contributed by atoms with Gasteiger partial charge in [0.25, 0.3) is 0 Å². The number of hydrogen-bond donors (Lipinski definition) is 0. The fourth-order valence-electron chi connectivity index (χ4n) is 2.03. The highest BCUT2D eigenvalue weighted by Gasteiger charge is 2.10. The smallest absolute Gasteiger partial charge is 0.162 e. The van der Waals surface area contributed by atoms with Crippen LogP contribution in [-0.4, -0.2) is 5.04 Å². The van der Waals surface area contributed by atoms with Gasteiger partial charge in [0.1, 0.15) is 10.9 Å². The van der Waals surface area contributed by atoms with Gasteiger partial charge in [0, 0.05) is 15.2 Å². The summed E-state index contributed by atoms with van der Waals surface area (Å²) in [4.78, 5) is 6.10. The number of benzene rings is 3. The number of thioether (sulfide) groups is 2. The minimum Gasteiger partial charge on any atom is -0.239 e. The van der Waals surface area contributed by atoms with Crippen molar-refractivity contribution in [3.8, 4) is 0 Å². The molecule has 0 spiro atoms. The first-order valence-corrected chi connectivity index (χ1v) is 9.55. The van der Waals surface area contributed by atoms with E-state index in [9.17, 15) is 8.78 Å². The SMILES string of the molecule is FC(=CSc1ccc(F)cc1)/C(=N\c1ccccc1)Sc1ccccc1. The molecule has 0 aliphatic carbocycles. The van der Waals surface area contributed by atoms with Crippen LogP contribution in [0, 0.1) is 5.82 Å². The molecule has 3 aromatic carbocycles. The van der Waals surface area contributed by atoms with Crippen molar-refractivity contribution in [3.05, 3.63) is 102 Å². The molecule has 0 aromatic heterocycles. The number of hydrogen-bond acceptors (Lipinski definition) is 3. The molecular weight excluding hydrogens is 368 g/mol. The zero-order valence-corrected chi connectivity index (χ0v) is 15.3. The lowest BCUT2D eigenvalue weighted by Gasteiger charge is -2.05. The molecule has 0 N–H and O–H groups in total. The van der Waals surface area contributed by atoms with Crippen LogP contribution in [-0.2, 0) is 0 Å². The summed E-state index contributed by atoms with van der Waals surface area (Å²) in [6.07, 6.45) is 0. The fourth-order valence-corrected chi connectivity index (χ4v) is 3.57. The van der Waals surface area contributed by atoms with Gasteiger partial charge in [-0.2, -0.15) is 0 Å². The van der Waals surface area contributed by atoms with E-state index in [0.717, 1.165) is 9.79 Å². The van der Waals surface area contributed by atoms with Crippen LogP contribution in [0.25, 0.3) is 0 Å². The van der Waals surface area contributed by atoms with E-state index in [1.807, 2.05) is 60.7 Å². The van der Waals surface area contributed by atoms with Gasteiger partial charge in [-0.1, -0.05) is 59.9 Å². The average Bonchev–Trinajstić information content (AvgIpc) is 2.68. The molecular formula is C21H15F2NS2. The Labute approximate surface area is 159 Å². The van der Waals surface area contributed by atoms with Crippen molar-refractivity contribution in [1.29, 1.82) is 0 Å². The third kappa shape index (κ3) is 5.58. The quantitative estimate of drug-likeness (QED) is 0.261. The molecule has 130 valence electrons. The Morgan fingerprint density at radius 1 is 0.769 bits per heavy atom. The summed E-state index contributed by atoms with van der Waals surface area (Å²) in [5.74, 6) is -0.748. The van der Waals surface area contributed by atoms with Gasteiger partial charge in [-0.3, -0.25) is 0 Å². The summed E-state index contributed by atoms with van der Waals surface area (Å²) >= 11 is 2.45. The minimum atomic E-state index is -0.433. The van der Waals surface area contributed by atoms with Crippen molar-refractivity contribution >= 4 is 34.3 Å². The normalized spacial score (nSPS) is 12.2. The second-order valence-electron chi connectivity index (χ2n) is 5.21. The summed E-state index contributed by atoms with van der Waals surface area (Å²) in [6, 6.07) is 24.7. The highest BCUT2D eigenvalue weighted by molar-refractivity contribution is 8.14. The maximum absolute atomic E-state index is 14.8. The lowest BCUT2D eigenvalue weighted by molar-refractivity contribution is 0.626.